The molecule has 3 aromatic rings. The first-order valence-corrected chi connectivity index (χ1v) is 9.82. The van der Waals surface area contributed by atoms with Crippen LogP contribution in [0.25, 0.3) is 10.9 Å². The van der Waals surface area contributed by atoms with E-state index in [4.69, 9.17) is 9.47 Å². The molecule has 0 unspecified atom stereocenters. The van der Waals surface area contributed by atoms with E-state index in [1.165, 1.54) is 12.1 Å². The Hall–Kier alpha value is -2.71. The minimum Gasteiger partial charge on any atom is -0.383 e. The van der Waals surface area contributed by atoms with Crippen molar-refractivity contribution in [3.8, 4) is 0 Å². The van der Waals surface area contributed by atoms with Crippen LogP contribution in [0.4, 0.5) is 4.39 Å². The van der Waals surface area contributed by atoms with E-state index in [0.29, 0.717) is 39.1 Å². The standard InChI is InChI=1S/C21H25FN4O3/c1-28-9-7-26-13-15(12-25-26)20-17(5-8-29-20)21(27)23-6-4-14-11-24-19-3-2-16(22)10-18(14)19/h2-3,10-13,17,20,24H,4-9H2,1H3,(H,23,27)/t17-,20+/m0/s1. The van der Waals surface area contributed by atoms with E-state index in [1.807, 2.05) is 12.4 Å². The van der Waals surface area contributed by atoms with Crippen LogP contribution in [0.5, 0.6) is 0 Å². The van der Waals surface area contributed by atoms with Crippen LogP contribution >= 0.6 is 0 Å². The van der Waals surface area contributed by atoms with Crippen LogP contribution in [0, 0.1) is 11.7 Å². The molecule has 7 nitrogen and oxygen atoms in total. The number of carbonyl (C=O) groups is 1. The van der Waals surface area contributed by atoms with Crippen LogP contribution in [-0.4, -0.2) is 47.5 Å². The average molecular weight is 400 g/mol. The number of amides is 1. The summed E-state index contributed by atoms with van der Waals surface area (Å²) in [4.78, 5) is 15.9. The second kappa shape index (κ2) is 8.75. The topological polar surface area (TPSA) is 81.2 Å². The van der Waals surface area contributed by atoms with Crippen molar-refractivity contribution in [3.63, 3.8) is 0 Å². The average Bonchev–Trinajstić information content (AvgIpc) is 3.45. The first-order chi connectivity index (χ1) is 14.2. The number of aromatic amines is 1. The summed E-state index contributed by atoms with van der Waals surface area (Å²) < 4.78 is 26.2. The highest BCUT2D eigenvalue weighted by atomic mass is 19.1. The number of aromatic nitrogens is 3. The summed E-state index contributed by atoms with van der Waals surface area (Å²) in [5, 5.41) is 8.18. The maximum atomic E-state index is 13.5. The zero-order valence-electron chi connectivity index (χ0n) is 16.4. The van der Waals surface area contributed by atoms with E-state index in [-0.39, 0.29) is 23.7 Å². The van der Waals surface area contributed by atoms with Crippen molar-refractivity contribution in [1.29, 1.82) is 0 Å². The van der Waals surface area contributed by atoms with Crippen molar-refractivity contribution in [2.45, 2.75) is 25.5 Å². The molecular weight excluding hydrogens is 375 g/mol. The highest BCUT2D eigenvalue weighted by Gasteiger charge is 2.35. The molecule has 0 bridgehead atoms. The summed E-state index contributed by atoms with van der Waals surface area (Å²) >= 11 is 0. The van der Waals surface area contributed by atoms with Gasteiger partial charge in [0.15, 0.2) is 0 Å². The number of fused-ring (bicyclic) bond motifs is 1. The number of hydrogen-bond donors (Lipinski definition) is 2. The highest BCUT2D eigenvalue weighted by molar-refractivity contribution is 5.83. The Labute approximate surface area is 168 Å². The normalized spacial score (nSPS) is 19.1. The van der Waals surface area contributed by atoms with Gasteiger partial charge in [0.25, 0.3) is 0 Å². The Bertz CT molecular complexity index is 983. The van der Waals surface area contributed by atoms with Crippen LogP contribution in [0.15, 0.2) is 36.8 Å². The molecule has 29 heavy (non-hydrogen) atoms. The second-order valence-corrected chi connectivity index (χ2v) is 7.26. The number of halogens is 1. The summed E-state index contributed by atoms with van der Waals surface area (Å²) in [6.45, 7) is 2.27. The van der Waals surface area contributed by atoms with E-state index in [9.17, 15) is 9.18 Å². The molecule has 2 aromatic heterocycles. The third-order valence-corrected chi connectivity index (χ3v) is 5.36. The molecule has 2 atom stereocenters. The lowest BCUT2D eigenvalue weighted by atomic mass is 9.96. The van der Waals surface area contributed by atoms with Gasteiger partial charge in [-0.2, -0.15) is 5.10 Å². The number of benzene rings is 1. The number of carbonyl (C=O) groups excluding carboxylic acids is 1. The van der Waals surface area contributed by atoms with Crippen molar-refractivity contribution in [1.82, 2.24) is 20.1 Å². The first kappa shape index (κ1) is 19.6. The lowest BCUT2D eigenvalue weighted by Gasteiger charge is -2.17. The predicted molar refractivity (Wildman–Crippen MR) is 106 cm³/mol. The molecule has 0 spiro atoms. The smallest absolute Gasteiger partial charge is 0.226 e. The number of methoxy groups -OCH3 is 1. The van der Waals surface area contributed by atoms with E-state index >= 15 is 0 Å². The van der Waals surface area contributed by atoms with Gasteiger partial charge in [-0.1, -0.05) is 0 Å². The maximum Gasteiger partial charge on any atom is 0.226 e. The fourth-order valence-corrected chi connectivity index (χ4v) is 3.83. The Morgan fingerprint density at radius 3 is 3.24 bits per heavy atom. The zero-order valence-corrected chi connectivity index (χ0v) is 16.4. The molecule has 0 radical (unpaired) electrons. The molecule has 4 rings (SSSR count). The number of hydrogen-bond acceptors (Lipinski definition) is 4. The molecule has 154 valence electrons. The van der Waals surface area contributed by atoms with E-state index < -0.39 is 0 Å². The van der Waals surface area contributed by atoms with Gasteiger partial charge >= 0.3 is 0 Å². The molecule has 1 amide bonds. The van der Waals surface area contributed by atoms with Crippen LogP contribution in [-0.2, 0) is 27.2 Å². The molecule has 1 aromatic carbocycles. The van der Waals surface area contributed by atoms with Crippen molar-refractivity contribution in [3.05, 3.63) is 53.7 Å². The second-order valence-electron chi connectivity index (χ2n) is 7.26. The molecular formula is C21H25FN4O3. The van der Waals surface area contributed by atoms with Crippen molar-refractivity contribution < 1.29 is 18.7 Å². The molecule has 1 aliphatic rings. The molecule has 8 heteroatoms. The summed E-state index contributed by atoms with van der Waals surface area (Å²) in [7, 11) is 1.65. The molecule has 3 heterocycles. The molecule has 1 fully saturated rings. The first-order valence-electron chi connectivity index (χ1n) is 9.82. The number of H-pyrrole nitrogens is 1. The number of nitrogens with zero attached hydrogens (tertiary/aromatic N) is 2. The van der Waals surface area contributed by atoms with E-state index in [2.05, 4.69) is 15.4 Å². The van der Waals surface area contributed by atoms with Crippen LogP contribution in [0.3, 0.4) is 0 Å². The third kappa shape index (κ3) is 4.33. The summed E-state index contributed by atoms with van der Waals surface area (Å²) in [6.07, 6.45) is 6.56. The van der Waals surface area contributed by atoms with Gasteiger partial charge in [-0.05, 0) is 36.6 Å². The number of rotatable bonds is 8. The Kier molecular flexibility index (Phi) is 5.92. The maximum absolute atomic E-state index is 13.5. The summed E-state index contributed by atoms with van der Waals surface area (Å²) in [5.74, 6) is -0.530. The number of nitrogens with one attached hydrogen (secondary N) is 2. The van der Waals surface area contributed by atoms with Crippen LogP contribution < -0.4 is 5.32 Å². The Morgan fingerprint density at radius 2 is 2.38 bits per heavy atom. The van der Waals surface area contributed by atoms with Gasteiger partial charge in [-0.3, -0.25) is 9.48 Å². The zero-order chi connectivity index (χ0) is 20.2. The lowest BCUT2D eigenvalue weighted by molar-refractivity contribution is -0.126. The van der Waals surface area contributed by atoms with Gasteiger partial charge in [-0.15, -0.1) is 0 Å². The minimum absolute atomic E-state index is 0.0248. The fraction of sp³-hybridized carbons (Fsp3) is 0.429. The Morgan fingerprint density at radius 1 is 1.48 bits per heavy atom. The quantitative estimate of drug-likeness (QED) is 0.609. The molecule has 1 aliphatic heterocycles. The molecule has 2 N–H and O–H groups in total. The third-order valence-electron chi connectivity index (χ3n) is 5.36. The predicted octanol–water partition coefficient (Wildman–Crippen LogP) is 2.59. The van der Waals surface area contributed by atoms with Crippen LogP contribution in [0.1, 0.15) is 23.7 Å². The van der Waals surface area contributed by atoms with Gasteiger partial charge in [0.2, 0.25) is 5.91 Å². The summed E-state index contributed by atoms with van der Waals surface area (Å²) in [5.41, 5.74) is 2.78. The monoisotopic (exact) mass is 400 g/mol. The molecule has 1 saturated heterocycles. The van der Waals surface area contributed by atoms with Gasteiger partial charge < -0.3 is 19.8 Å². The van der Waals surface area contributed by atoms with Crippen LogP contribution in [0.2, 0.25) is 0 Å². The number of ether oxygens (including phenoxy) is 2. The Balaban J connectivity index is 1.35. The SMILES string of the molecule is COCCn1cc([C@H]2OCC[C@@H]2C(=O)NCCc2c[nH]c3ccc(F)cc23)cn1. The van der Waals surface area contributed by atoms with E-state index in [1.54, 1.807) is 24.1 Å². The van der Waals surface area contributed by atoms with Crippen molar-refractivity contribution in [2.75, 3.05) is 26.9 Å². The van der Waals surface area contributed by atoms with Gasteiger partial charge in [-0.25, -0.2) is 4.39 Å². The minimum atomic E-state index is -0.284. The van der Waals surface area contributed by atoms with E-state index in [0.717, 1.165) is 22.0 Å². The van der Waals surface area contributed by atoms with Gasteiger partial charge in [0.05, 0.1) is 31.4 Å². The van der Waals surface area contributed by atoms with Crippen molar-refractivity contribution >= 4 is 16.8 Å². The molecule has 0 aliphatic carbocycles. The highest BCUT2D eigenvalue weighted by Crippen LogP contribution is 2.34. The van der Waals surface area contributed by atoms with Gasteiger partial charge in [0, 0.05) is 49.1 Å². The lowest BCUT2D eigenvalue weighted by Crippen LogP contribution is -2.33. The molecule has 0 saturated carbocycles. The largest absolute Gasteiger partial charge is 0.383 e. The fourth-order valence-electron chi connectivity index (χ4n) is 3.83. The summed E-state index contributed by atoms with van der Waals surface area (Å²) in [6, 6.07) is 4.67. The van der Waals surface area contributed by atoms with Gasteiger partial charge in [0.1, 0.15) is 5.82 Å². The van der Waals surface area contributed by atoms with Crippen molar-refractivity contribution in [2.24, 2.45) is 5.92 Å².